The predicted molar refractivity (Wildman–Crippen MR) is 111 cm³/mol. The zero-order chi connectivity index (χ0) is 19.8. The average Bonchev–Trinajstić information content (AvgIpc) is 2.63. The second-order valence-electron chi connectivity index (χ2n) is 5.92. The number of imide groups is 1. The second kappa shape index (κ2) is 10.5. The summed E-state index contributed by atoms with van der Waals surface area (Å²) in [5.41, 5.74) is 0.464. The number of nitrogens with one attached hydrogen (secondary N) is 2. The molecule has 2 aromatic rings. The van der Waals surface area contributed by atoms with Crippen LogP contribution < -0.4 is 16.2 Å². The van der Waals surface area contributed by atoms with Crippen molar-refractivity contribution in [1.82, 2.24) is 20.2 Å². The monoisotopic (exact) mass is 454 g/mol. The number of carbonyl (C=O) groups is 2. The number of halogens is 1. The Kier molecular flexibility index (Phi) is 8.30. The standard InChI is InChI=1S/C18H23BrN4O3S/c1-3-5-6-9-23-16(25)13-10-12(19)7-8-14(13)21-18(23)27-11-15(24)22-17(26)20-4-2/h7-8,10H,3-6,9,11H2,1-2H3,(H2,20,22,24,26). The van der Waals surface area contributed by atoms with Gasteiger partial charge in [0.25, 0.3) is 5.56 Å². The fourth-order valence-electron chi connectivity index (χ4n) is 2.50. The van der Waals surface area contributed by atoms with E-state index in [2.05, 4.69) is 38.5 Å². The third-order valence-electron chi connectivity index (χ3n) is 3.79. The molecule has 9 heteroatoms. The van der Waals surface area contributed by atoms with Gasteiger partial charge in [0, 0.05) is 17.6 Å². The summed E-state index contributed by atoms with van der Waals surface area (Å²) in [4.78, 5) is 40.9. The number of unbranched alkanes of at least 4 members (excludes halogenated alkanes) is 2. The SMILES string of the molecule is CCCCCn1c(SCC(=O)NC(=O)NCC)nc2ccc(Br)cc2c1=O. The molecule has 3 amide bonds. The molecule has 0 atom stereocenters. The van der Waals surface area contributed by atoms with Gasteiger partial charge in [0.05, 0.1) is 16.7 Å². The van der Waals surface area contributed by atoms with Crippen LogP contribution in [-0.4, -0.2) is 33.8 Å². The largest absolute Gasteiger partial charge is 0.338 e. The summed E-state index contributed by atoms with van der Waals surface area (Å²) in [6.07, 6.45) is 2.90. The second-order valence-corrected chi connectivity index (χ2v) is 7.77. The Morgan fingerprint density at radius 2 is 2.04 bits per heavy atom. The molecule has 0 radical (unpaired) electrons. The van der Waals surface area contributed by atoms with Crippen LogP contribution in [-0.2, 0) is 11.3 Å². The van der Waals surface area contributed by atoms with Crippen LogP contribution in [0.15, 0.2) is 32.6 Å². The fraction of sp³-hybridized carbons (Fsp3) is 0.444. The number of hydrogen-bond acceptors (Lipinski definition) is 5. The highest BCUT2D eigenvalue weighted by Gasteiger charge is 2.14. The van der Waals surface area contributed by atoms with E-state index in [-0.39, 0.29) is 11.3 Å². The molecule has 2 rings (SSSR count). The molecule has 1 heterocycles. The number of carbonyl (C=O) groups excluding carboxylic acids is 2. The third kappa shape index (κ3) is 6.07. The van der Waals surface area contributed by atoms with Crippen molar-refractivity contribution in [2.24, 2.45) is 0 Å². The zero-order valence-corrected chi connectivity index (χ0v) is 17.8. The molecular weight excluding hydrogens is 432 g/mol. The van der Waals surface area contributed by atoms with E-state index in [0.717, 1.165) is 35.5 Å². The van der Waals surface area contributed by atoms with E-state index < -0.39 is 11.9 Å². The number of amides is 3. The van der Waals surface area contributed by atoms with Crippen LogP contribution in [0.3, 0.4) is 0 Å². The minimum absolute atomic E-state index is 0.000608. The van der Waals surface area contributed by atoms with Gasteiger partial charge in [0.15, 0.2) is 5.16 Å². The lowest BCUT2D eigenvalue weighted by atomic mass is 10.2. The molecule has 0 fully saturated rings. The fourth-order valence-corrected chi connectivity index (χ4v) is 3.68. The van der Waals surface area contributed by atoms with Crippen molar-refractivity contribution >= 4 is 50.5 Å². The molecule has 0 saturated heterocycles. The lowest BCUT2D eigenvalue weighted by Gasteiger charge is -2.13. The molecule has 146 valence electrons. The number of nitrogens with zero attached hydrogens (tertiary/aromatic N) is 2. The molecule has 0 unspecified atom stereocenters. The van der Waals surface area contributed by atoms with Crippen LogP contribution in [0.1, 0.15) is 33.1 Å². The summed E-state index contributed by atoms with van der Waals surface area (Å²) in [6, 6.07) is 4.83. The van der Waals surface area contributed by atoms with Gasteiger partial charge in [-0.2, -0.15) is 0 Å². The van der Waals surface area contributed by atoms with Gasteiger partial charge in [-0.1, -0.05) is 47.5 Å². The van der Waals surface area contributed by atoms with Crippen molar-refractivity contribution in [3.63, 3.8) is 0 Å². The maximum absolute atomic E-state index is 12.9. The van der Waals surface area contributed by atoms with Gasteiger partial charge in [0.1, 0.15) is 0 Å². The number of fused-ring (bicyclic) bond motifs is 1. The minimum Gasteiger partial charge on any atom is -0.338 e. The molecule has 27 heavy (non-hydrogen) atoms. The molecule has 0 aliphatic rings. The molecular formula is C18H23BrN4O3S. The van der Waals surface area contributed by atoms with E-state index in [9.17, 15) is 14.4 Å². The Bertz CT molecular complexity index is 885. The van der Waals surface area contributed by atoms with Crippen LogP contribution in [0.2, 0.25) is 0 Å². The van der Waals surface area contributed by atoms with Crippen LogP contribution in [0.25, 0.3) is 10.9 Å². The lowest BCUT2D eigenvalue weighted by molar-refractivity contribution is -0.117. The number of aromatic nitrogens is 2. The lowest BCUT2D eigenvalue weighted by Crippen LogP contribution is -2.40. The summed E-state index contributed by atoms with van der Waals surface area (Å²) in [7, 11) is 0. The van der Waals surface area contributed by atoms with Gasteiger partial charge in [-0.3, -0.25) is 19.5 Å². The smallest absolute Gasteiger partial charge is 0.321 e. The van der Waals surface area contributed by atoms with Crippen molar-refractivity contribution < 1.29 is 9.59 Å². The molecule has 0 aliphatic carbocycles. The normalized spacial score (nSPS) is 10.8. The van der Waals surface area contributed by atoms with Gasteiger partial charge >= 0.3 is 6.03 Å². The first-order valence-corrected chi connectivity index (χ1v) is 10.6. The minimum atomic E-state index is -0.528. The van der Waals surface area contributed by atoms with Gasteiger partial charge in [0.2, 0.25) is 5.91 Å². The van der Waals surface area contributed by atoms with Crippen molar-refractivity contribution in [3.8, 4) is 0 Å². The summed E-state index contributed by atoms with van der Waals surface area (Å²) in [5.74, 6) is -0.435. The van der Waals surface area contributed by atoms with E-state index in [4.69, 9.17) is 0 Å². The molecule has 0 bridgehead atoms. The Labute approximate surface area is 170 Å². The maximum Gasteiger partial charge on any atom is 0.321 e. The third-order valence-corrected chi connectivity index (χ3v) is 5.26. The van der Waals surface area contributed by atoms with E-state index in [1.54, 1.807) is 23.6 Å². The summed E-state index contributed by atoms with van der Waals surface area (Å²) < 4.78 is 2.44. The van der Waals surface area contributed by atoms with Gasteiger partial charge in [-0.25, -0.2) is 9.78 Å². The van der Waals surface area contributed by atoms with E-state index in [0.29, 0.717) is 29.1 Å². The van der Waals surface area contributed by atoms with Crippen LogP contribution in [0, 0.1) is 0 Å². The topological polar surface area (TPSA) is 93.1 Å². The number of urea groups is 1. The Morgan fingerprint density at radius 1 is 1.26 bits per heavy atom. The number of benzene rings is 1. The number of thioether (sulfide) groups is 1. The Balaban J connectivity index is 2.26. The van der Waals surface area contributed by atoms with Crippen molar-refractivity contribution in [2.75, 3.05) is 12.3 Å². The van der Waals surface area contributed by atoms with Gasteiger partial charge in [-0.15, -0.1) is 0 Å². The van der Waals surface area contributed by atoms with Crippen molar-refractivity contribution in [3.05, 3.63) is 33.0 Å². The first-order chi connectivity index (χ1) is 13.0. The summed E-state index contributed by atoms with van der Waals surface area (Å²) >= 11 is 4.54. The highest BCUT2D eigenvalue weighted by Crippen LogP contribution is 2.21. The van der Waals surface area contributed by atoms with Gasteiger partial charge < -0.3 is 5.32 Å². The number of rotatable bonds is 8. The van der Waals surface area contributed by atoms with Crippen LogP contribution in [0.4, 0.5) is 4.79 Å². The summed E-state index contributed by atoms with van der Waals surface area (Å²) in [5, 5.41) is 5.78. The molecule has 0 saturated carbocycles. The molecule has 1 aromatic heterocycles. The molecule has 7 nitrogen and oxygen atoms in total. The average molecular weight is 455 g/mol. The van der Waals surface area contributed by atoms with Crippen molar-refractivity contribution in [2.45, 2.75) is 44.8 Å². The first-order valence-electron chi connectivity index (χ1n) is 8.86. The number of hydrogen-bond donors (Lipinski definition) is 2. The Morgan fingerprint density at radius 3 is 2.74 bits per heavy atom. The molecule has 0 aliphatic heterocycles. The van der Waals surface area contributed by atoms with E-state index in [1.807, 2.05) is 6.07 Å². The van der Waals surface area contributed by atoms with E-state index >= 15 is 0 Å². The van der Waals surface area contributed by atoms with Crippen LogP contribution >= 0.6 is 27.7 Å². The highest BCUT2D eigenvalue weighted by molar-refractivity contribution is 9.10. The zero-order valence-electron chi connectivity index (χ0n) is 15.4. The summed E-state index contributed by atoms with van der Waals surface area (Å²) in [6.45, 7) is 4.85. The quantitative estimate of drug-likeness (QED) is 0.362. The Hall–Kier alpha value is -1.87. The predicted octanol–water partition coefficient (Wildman–Crippen LogP) is 3.29. The van der Waals surface area contributed by atoms with E-state index in [1.165, 1.54) is 0 Å². The highest BCUT2D eigenvalue weighted by atomic mass is 79.9. The maximum atomic E-state index is 12.9. The van der Waals surface area contributed by atoms with Crippen molar-refractivity contribution in [1.29, 1.82) is 0 Å². The first kappa shape index (κ1) is 21.4. The van der Waals surface area contributed by atoms with Crippen LogP contribution in [0.5, 0.6) is 0 Å². The molecule has 2 N–H and O–H groups in total. The molecule has 0 spiro atoms. The van der Waals surface area contributed by atoms with Gasteiger partial charge in [-0.05, 0) is 31.5 Å². The molecule has 1 aromatic carbocycles.